The zero-order valence-electron chi connectivity index (χ0n) is 11.6. The molecule has 0 amide bonds. The molecule has 20 heavy (non-hydrogen) atoms. The van der Waals surface area contributed by atoms with Crippen molar-refractivity contribution in [3.05, 3.63) is 64.1 Å². The fourth-order valence-electron chi connectivity index (χ4n) is 2.25. The molecule has 0 spiro atoms. The summed E-state index contributed by atoms with van der Waals surface area (Å²) in [6.45, 7) is 2.21. The third kappa shape index (κ3) is 4.43. The Kier molecular flexibility index (Phi) is 5.75. The van der Waals surface area contributed by atoms with Crippen molar-refractivity contribution in [3.8, 4) is 0 Å². The van der Waals surface area contributed by atoms with Crippen molar-refractivity contribution in [1.29, 1.82) is 0 Å². The van der Waals surface area contributed by atoms with E-state index in [4.69, 9.17) is 23.2 Å². The van der Waals surface area contributed by atoms with Crippen molar-refractivity contribution >= 4 is 28.9 Å². The Balaban J connectivity index is 2.19. The second-order valence-electron chi connectivity index (χ2n) is 4.91. The summed E-state index contributed by atoms with van der Waals surface area (Å²) in [6.07, 6.45) is 3.45. The quantitative estimate of drug-likeness (QED) is 0.657. The lowest BCUT2D eigenvalue weighted by Crippen LogP contribution is -2.10. The molecule has 1 nitrogen and oxygen atoms in total. The van der Waals surface area contributed by atoms with Crippen molar-refractivity contribution in [1.82, 2.24) is 0 Å². The number of rotatable bonds is 6. The Morgan fingerprint density at radius 1 is 1.00 bits per heavy atom. The lowest BCUT2D eigenvalue weighted by molar-refractivity contribution is 0.634. The van der Waals surface area contributed by atoms with E-state index in [1.807, 2.05) is 18.2 Å². The summed E-state index contributed by atoms with van der Waals surface area (Å²) in [5.74, 6) is 0. The highest BCUT2D eigenvalue weighted by molar-refractivity contribution is 6.35. The molecule has 0 saturated heterocycles. The van der Waals surface area contributed by atoms with Crippen LogP contribution in [0, 0.1) is 0 Å². The monoisotopic (exact) mass is 307 g/mol. The molecule has 1 atom stereocenters. The fourth-order valence-corrected chi connectivity index (χ4v) is 2.78. The first-order valence-electron chi connectivity index (χ1n) is 6.96. The predicted octanol–water partition coefficient (Wildman–Crippen LogP) is 6.34. The maximum atomic E-state index is 6.06. The first kappa shape index (κ1) is 15.2. The maximum Gasteiger partial charge on any atom is 0.0513 e. The van der Waals surface area contributed by atoms with Crippen LogP contribution in [0.2, 0.25) is 10.0 Å². The molecule has 0 fully saturated rings. The SMILES string of the molecule is CCCCC(Nc1cc(Cl)cc(Cl)c1)c1ccccc1. The van der Waals surface area contributed by atoms with Gasteiger partial charge in [-0.05, 0) is 30.2 Å². The summed E-state index contributed by atoms with van der Waals surface area (Å²) < 4.78 is 0. The van der Waals surface area contributed by atoms with Crippen LogP contribution in [0.25, 0.3) is 0 Å². The molecule has 0 aliphatic heterocycles. The first-order valence-corrected chi connectivity index (χ1v) is 7.72. The predicted molar refractivity (Wildman–Crippen MR) is 88.8 cm³/mol. The lowest BCUT2D eigenvalue weighted by Gasteiger charge is -2.20. The first-order chi connectivity index (χ1) is 9.69. The minimum absolute atomic E-state index is 0.283. The Morgan fingerprint density at radius 2 is 1.65 bits per heavy atom. The van der Waals surface area contributed by atoms with Crippen molar-refractivity contribution in [2.75, 3.05) is 5.32 Å². The third-order valence-corrected chi connectivity index (χ3v) is 3.69. The number of benzene rings is 2. The smallest absolute Gasteiger partial charge is 0.0513 e. The van der Waals surface area contributed by atoms with E-state index in [9.17, 15) is 0 Å². The maximum absolute atomic E-state index is 6.06. The summed E-state index contributed by atoms with van der Waals surface area (Å²) in [5, 5.41) is 4.85. The van der Waals surface area contributed by atoms with Gasteiger partial charge < -0.3 is 5.32 Å². The molecule has 2 aromatic rings. The molecule has 0 radical (unpaired) electrons. The highest BCUT2D eigenvalue weighted by Crippen LogP contribution is 2.28. The largest absolute Gasteiger partial charge is 0.378 e. The molecule has 0 aliphatic carbocycles. The van der Waals surface area contributed by atoms with Crippen LogP contribution in [0.1, 0.15) is 37.8 Å². The minimum atomic E-state index is 0.283. The van der Waals surface area contributed by atoms with Crippen LogP contribution in [0.4, 0.5) is 5.69 Å². The molecule has 0 aliphatic rings. The second kappa shape index (κ2) is 7.56. The van der Waals surface area contributed by atoms with Gasteiger partial charge in [-0.2, -0.15) is 0 Å². The molecular formula is C17H19Cl2N. The topological polar surface area (TPSA) is 12.0 Å². The van der Waals surface area contributed by atoms with Crippen molar-refractivity contribution in [2.24, 2.45) is 0 Å². The molecule has 0 saturated carbocycles. The average molecular weight is 308 g/mol. The van der Waals surface area contributed by atoms with Gasteiger partial charge in [0.1, 0.15) is 0 Å². The number of hydrogen-bond donors (Lipinski definition) is 1. The molecular weight excluding hydrogens is 289 g/mol. The van der Waals surface area contributed by atoms with Gasteiger partial charge in [-0.1, -0.05) is 73.3 Å². The van der Waals surface area contributed by atoms with E-state index < -0.39 is 0 Å². The van der Waals surface area contributed by atoms with Gasteiger partial charge in [0.25, 0.3) is 0 Å². The zero-order chi connectivity index (χ0) is 14.4. The number of halogens is 2. The highest BCUT2D eigenvalue weighted by atomic mass is 35.5. The lowest BCUT2D eigenvalue weighted by atomic mass is 10.0. The summed E-state index contributed by atoms with van der Waals surface area (Å²) in [5.41, 5.74) is 2.25. The van der Waals surface area contributed by atoms with E-state index in [0.717, 1.165) is 12.1 Å². The molecule has 1 N–H and O–H groups in total. The van der Waals surface area contributed by atoms with Crippen LogP contribution >= 0.6 is 23.2 Å². The Morgan fingerprint density at radius 3 is 2.25 bits per heavy atom. The van der Waals surface area contributed by atoms with E-state index >= 15 is 0 Å². The van der Waals surface area contributed by atoms with Gasteiger partial charge in [-0.3, -0.25) is 0 Å². The van der Waals surface area contributed by atoms with Gasteiger partial charge >= 0.3 is 0 Å². The van der Waals surface area contributed by atoms with Gasteiger partial charge in [-0.15, -0.1) is 0 Å². The van der Waals surface area contributed by atoms with Gasteiger partial charge in [0.05, 0.1) is 6.04 Å². The molecule has 3 heteroatoms. The molecule has 0 heterocycles. The van der Waals surface area contributed by atoms with Crippen LogP contribution in [-0.4, -0.2) is 0 Å². The van der Waals surface area contributed by atoms with Crippen LogP contribution < -0.4 is 5.32 Å². The number of unbranched alkanes of at least 4 members (excludes halogenated alkanes) is 1. The minimum Gasteiger partial charge on any atom is -0.378 e. The van der Waals surface area contributed by atoms with E-state index in [2.05, 4.69) is 36.5 Å². The standard InChI is InChI=1S/C17H19Cl2N/c1-2-3-9-17(13-7-5-4-6-8-13)20-16-11-14(18)10-15(19)12-16/h4-8,10-12,17,20H,2-3,9H2,1H3. The molecule has 0 bridgehead atoms. The summed E-state index contributed by atoms with van der Waals surface area (Å²) in [4.78, 5) is 0. The Hall–Kier alpha value is -1.18. The van der Waals surface area contributed by atoms with Gasteiger partial charge in [0.2, 0.25) is 0 Å². The summed E-state index contributed by atoms with van der Waals surface area (Å²) in [7, 11) is 0. The highest BCUT2D eigenvalue weighted by Gasteiger charge is 2.11. The molecule has 1 unspecified atom stereocenters. The Bertz CT molecular complexity index is 520. The van der Waals surface area contributed by atoms with Crippen LogP contribution in [-0.2, 0) is 0 Å². The van der Waals surface area contributed by atoms with Gasteiger partial charge in [-0.25, -0.2) is 0 Å². The normalized spacial score (nSPS) is 12.2. The zero-order valence-corrected chi connectivity index (χ0v) is 13.1. The van der Waals surface area contributed by atoms with E-state index in [0.29, 0.717) is 10.0 Å². The van der Waals surface area contributed by atoms with E-state index in [1.54, 1.807) is 6.07 Å². The fraction of sp³-hybridized carbons (Fsp3) is 0.294. The number of anilines is 1. The van der Waals surface area contributed by atoms with Crippen LogP contribution in [0.3, 0.4) is 0 Å². The Labute approximate surface area is 130 Å². The molecule has 0 aromatic heterocycles. The van der Waals surface area contributed by atoms with Crippen LogP contribution in [0.15, 0.2) is 48.5 Å². The van der Waals surface area contributed by atoms with Crippen LogP contribution in [0.5, 0.6) is 0 Å². The van der Waals surface area contributed by atoms with Crippen molar-refractivity contribution in [3.63, 3.8) is 0 Å². The summed E-state index contributed by atoms with van der Waals surface area (Å²) in [6, 6.07) is 16.3. The molecule has 106 valence electrons. The van der Waals surface area contributed by atoms with Gasteiger partial charge in [0, 0.05) is 15.7 Å². The third-order valence-electron chi connectivity index (χ3n) is 3.25. The average Bonchev–Trinajstić information content (AvgIpc) is 2.43. The van der Waals surface area contributed by atoms with Gasteiger partial charge in [0.15, 0.2) is 0 Å². The molecule has 2 aromatic carbocycles. The molecule has 2 rings (SSSR count). The van der Waals surface area contributed by atoms with Crippen molar-refractivity contribution < 1.29 is 0 Å². The van der Waals surface area contributed by atoms with E-state index in [1.165, 1.54) is 18.4 Å². The van der Waals surface area contributed by atoms with Crippen molar-refractivity contribution in [2.45, 2.75) is 32.2 Å². The number of nitrogens with one attached hydrogen (secondary N) is 1. The second-order valence-corrected chi connectivity index (χ2v) is 5.78. The summed E-state index contributed by atoms with van der Waals surface area (Å²) >= 11 is 12.1. The van der Waals surface area contributed by atoms with E-state index in [-0.39, 0.29) is 6.04 Å². The number of hydrogen-bond acceptors (Lipinski definition) is 1.